The molecule has 1 N–H and O–H groups in total. The Labute approximate surface area is 130 Å². The first-order valence-electron chi connectivity index (χ1n) is 7.74. The maximum absolute atomic E-state index is 11.6. The predicted molar refractivity (Wildman–Crippen MR) is 81.8 cm³/mol. The number of ether oxygens (including phenoxy) is 1. The van der Waals surface area contributed by atoms with Gasteiger partial charge in [0.15, 0.2) is 0 Å². The summed E-state index contributed by atoms with van der Waals surface area (Å²) in [6, 6.07) is 7.12. The van der Waals surface area contributed by atoms with Crippen LogP contribution in [-0.4, -0.2) is 22.8 Å². The largest absolute Gasteiger partial charge is 0.481 e. The Bertz CT molecular complexity index is 505. The fourth-order valence-corrected chi connectivity index (χ4v) is 3.91. The molecule has 3 rings (SSSR count). The summed E-state index contributed by atoms with van der Waals surface area (Å²) in [4.78, 5) is 11.6. The Morgan fingerprint density at radius 1 is 1.29 bits per heavy atom. The number of rotatable bonds is 4. The topological polar surface area (TPSA) is 46.5 Å². The summed E-state index contributed by atoms with van der Waals surface area (Å²) in [5.41, 5.74) is 0.871. The van der Waals surface area contributed by atoms with Crippen molar-refractivity contribution in [2.45, 2.75) is 62.6 Å². The first kappa shape index (κ1) is 14.9. The lowest BCUT2D eigenvalue weighted by atomic mass is 9.91. The van der Waals surface area contributed by atoms with Gasteiger partial charge >= 0.3 is 5.97 Å². The maximum Gasteiger partial charge on any atom is 0.311 e. The highest BCUT2D eigenvalue weighted by Gasteiger charge is 2.43. The third-order valence-corrected chi connectivity index (χ3v) is 5.17. The Hall–Kier alpha value is -1.06. The number of aliphatic carboxylic acids is 1. The van der Waals surface area contributed by atoms with E-state index in [1.54, 1.807) is 24.3 Å². The van der Waals surface area contributed by atoms with Gasteiger partial charge < -0.3 is 9.84 Å². The highest BCUT2D eigenvalue weighted by molar-refractivity contribution is 6.30. The maximum atomic E-state index is 11.6. The van der Waals surface area contributed by atoms with Gasteiger partial charge in [-0.25, -0.2) is 0 Å². The molecule has 114 valence electrons. The van der Waals surface area contributed by atoms with Crippen molar-refractivity contribution in [2.75, 3.05) is 0 Å². The van der Waals surface area contributed by atoms with Crippen LogP contribution in [0.1, 0.15) is 56.4 Å². The second-order valence-corrected chi connectivity index (χ2v) is 6.78. The summed E-state index contributed by atoms with van der Waals surface area (Å²) in [6.45, 7) is 0. The van der Waals surface area contributed by atoms with Gasteiger partial charge in [0.1, 0.15) is 0 Å². The number of carbonyl (C=O) groups is 1. The van der Waals surface area contributed by atoms with Gasteiger partial charge in [-0.15, -0.1) is 0 Å². The number of hydrogen-bond acceptors (Lipinski definition) is 2. The molecule has 0 aromatic heterocycles. The van der Waals surface area contributed by atoms with Crippen molar-refractivity contribution in [3.63, 3.8) is 0 Å². The zero-order chi connectivity index (χ0) is 14.9. The van der Waals surface area contributed by atoms with Crippen LogP contribution in [0.2, 0.25) is 5.02 Å². The van der Waals surface area contributed by atoms with Crippen molar-refractivity contribution in [2.24, 2.45) is 0 Å². The molecule has 1 spiro atoms. The minimum Gasteiger partial charge on any atom is -0.481 e. The van der Waals surface area contributed by atoms with Crippen LogP contribution in [0.3, 0.4) is 0 Å². The van der Waals surface area contributed by atoms with Gasteiger partial charge in [-0.1, -0.05) is 36.6 Å². The van der Waals surface area contributed by atoms with Gasteiger partial charge in [0, 0.05) is 5.02 Å². The number of carboxylic acid groups (broad SMARTS) is 1. The van der Waals surface area contributed by atoms with E-state index in [0.29, 0.717) is 11.4 Å². The van der Waals surface area contributed by atoms with Crippen LogP contribution in [0, 0.1) is 0 Å². The van der Waals surface area contributed by atoms with Crippen LogP contribution >= 0.6 is 11.6 Å². The molecule has 2 fully saturated rings. The lowest BCUT2D eigenvalue weighted by Crippen LogP contribution is -2.26. The monoisotopic (exact) mass is 308 g/mol. The van der Waals surface area contributed by atoms with E-state index in [0.717, 1.165) is 31.2 Å². The van der Waals surface area contributed by atoms with Crippen molar-refractivity contribution in [3.05, 3.63) is 34.9 Å². The van der Waals surface area contributed by atoms with Gasteiger partial charge in [-0.3, -0.25) is 4.79 Å². The van der Waals surface area contributed by atoms with Crippen LogP contribution in [-0.2, 0) is 9.53 Å². The van der Waals surface area contributed by atoms with Gasteiger partial charge in [-0.2, -0.15) is 0 Å². The van der Waals surface area contributed by atoms with E-state index in [2.05, 4.69) is 0 Å². The van der Waals surface area contributed by atoms with E-state index in [1.807, 2.05) is 0 Å². The molecule has 2 unspecified atom stereocenters. The number of carboxylic acids is 1. The SMILES string of the molecule is O=C(O)C(CC1CCC2(CCCC2)O1)c1ccc(Cl)cc1. The Morgan fingerprint density at radius 2 is 1.95 bits per heavy atom. The fraction of sp³-hybridized carbons (Fsp3) is 0.588. The molecule has 2 aliphatic rings. The zero-order valence-corrected chi connectivity index (χ0v) is 12.8. The summed E-state index contributed by atoms with van der Waals surface area (Å²) >= 11 is 5.88. The molecule has 1 aliphatic heterocycles. The normalized spacial score (nSPS) is 25.3. The smallest absolute Gasteiger partial charge is 0.311 e. The van der Waals surface area contributed by atoms with Crippen LogP contribution in [0.25, 0.3) is 0 Å². The summed E-state index contributed by atoms with van der Waals surface area (Å²) < 4.78 is 6.25. The number of benzene rings is 1. The average molecular weight is 309 g/mol. The minimum atomic E-state index is -0.784. The molecule has 1 saturated heterocycles. The van der Waals surface area contributed by atoms with Crippen molar-refractivity contribution in [3.8, 4) is 0 Å². The highest BCUT2D eigenvalue weighted by Crippen LogP contribution is 2.45. The molecule has 1 saturated carbocycles. The number of hydrogen-bond donors (Lipinski definition) is 1. The van der Waals surface area contributed by atoms with Crippen molar-refractivity contribution < 1.29 is 14.6 Å². The van der Waals surface area contributed by atoms with Gasteiger partial charge in [0.05, 0.1) is 17.6 Å². The predicted octanol–water partition coefficient (Wildman–Crippen LogP) is 4.39. The molecule has 0 radical (unpaired) electrons. The quantitative estimate of drug-likeness (QED) is 0.897. The fourth-order valence-electron chi connectivity index (χ4n) is 3.79. The summed E-state index contributed by atoms with van der Waals surface area (Å²) in [5.74, 6) is -1.29. The van der Waals surface area contributed by atoms with Crippen molar-refractivity contribution in [1.82, 2.24) is 0 Å². The van der Waals surface area contributed by atoms with E-state index in [4.69, 9.17) is 16.3 Å². The molecule has 0 amide bonds. The van der Waals surface area contributed by atoms with Crippen LogP contribution in [0.15, 0.2) is 24.3 Å². The minimum absolute atomic E-state index is 0.0632. The Balaban J connectivity index is 1.69. The lowest BCUT2D eigenvalue weighted by molar-refractivity contribution is -0.140. The second-order valence-electron chi connectivity index (χ2n) is 6.35. The van der Waals surface area contributed by atoms with E-state index in [-0.39, 0.29) is 11.7 Å². The summed E-state index contributed by atoms with van der Waals surface area (Å²) in [6.07, 6.45) is 7.46. The van der Waals surface area contributed by atoms with Crippen LogP contribution in [0.4, 0.5) is 0 Å². The van der Waals surface area contributed by atoms with E-state index < -0.39 is 11.9 Å². The molecular formula is C17H21ClO3. The Morgan fingerprint density at radius 3 is 2.57 bits per heavy atom. The van der Waals surface area contributed by atoms with Crippen molar-refractivity contribution >= 4 is 17.6 Å². The molecule has 3 nitrogen and oxygen atoms in total. The molecule has 21 heavy (non-hydrogen) atoms. The summed E-state index contributed by atoms with van der Waals surface area (Å²) in [5, 5.41) is 10.2. The first-order chi connectivity index (χ1) is 10.1. The lowest BCUT2D eigenvalue weighted by Gasteiger charge is -2.25. The molecule has 4 heteroatoms. The van der Waals surface area contributed by atoms with Crippen molar-refractivity contribution in [1.29, 1.82) is 0 Å². The molecule has 1 aromatic rings. The number of halogens is 1. The highest BCUT2D eigenvalue weighted by atomic mass is 35.5. The van der Waals surface area contributed by atoms with E-state index in [1.165, 1.54) is 12.8 Å². The average Bonchev–Trinajstić information content (AvgIpc) is 3.08. The molecular weight excluding hydrogens is 288 g/mol. The molecule has 0 bridgehead atoms. The van der Waals surface area contributed by atoms with Gasteiger partial charge in [0.2, 0.25) is 0 Å². The first-order valence-corrected chi connectivity index (χ1v) is 8.12. The third kappa shape index (κ3) is 3.24. The molecule has 2 atom stereocenters. The molecule has 1 aromatic carbocycles. The standard InChI is InChI=1S/C17H21ClO3/c18-13-5-3-12(4-6-13)15(16(19)20)11-14-7-10-17(21-14)8-1-2-9-17/h3-6,14-15H,1-2,7-11H2,(H,19,20). The van der Waals surface area contributed by atoms with Crippen LogP contribution in [0.5, 0.6) is 0 Å². The zero-order valence-electron chi connectivity index (χ0n) is 12.1. The summed E-state index contributed by atoms with van der Waals surface area (Å²) in [7, 11) is 0. The Kier molecular flexibility index (Phi) is 4.23. The molecule has 1 heterocycles. The van der Waals surface area contributed by atoms with Gasteiger partial charge in [-0.05, 0) is 49.8 Å². The van der Waals surface area contributed by atoms with Gasteiger partial charge in [0.25, 0.3) is 0 Å². The third-order valence-electron chi connectivity index (χ3n) is 4.92. The van der Waals surface area contributed by atoms with E-state index in [9.17, 15) is 9.90 Å². The van der Waals surface area contributed by atoms with E-state index >= 15 is 0 Å². The second kappa shape index (κ2) is 5.98. The molecule has 1 aliphatic carbocycles. The van der Waals surface area contributed by atoms with Crippen LogP contribution < -0.4 is 0 Å².